The van der Waals surface area contributed by atoms with E-state index in [0.717, 1.165) is 25.1 Å². The normalized spacial score (nSPS) is 26.3. The Morgan fingerprint density at radius 1 is 1.41 bits per heavy atom. The van der Waals surface area contributed by atoms with Crippen molar-refractivity contribution in [2.24, 2.45) is 5.41 Å². The number of aliphatic hydroxyl groups excluding tert-OH is 2. The lowest BCUT2D eigenvalue weighted by Gasteiger charge is -2.45. The van der Waals surface area contributed by atoms with E-state index in [2.05, 4.69) is 4.98 Å². The molecule has 1 aliphatic heterocycles. The molecule has 1 aromatic heterocycles. The topological polar surface area (TPSA) is 56.6 Å². The maximum atomic E-state index is 12.5. The van der Waals surface area contributed by atoms with Gasteiger partial charge in [-0.1, -0.05) is 13.3 Å². The molecule has 0 bridgehead atoms. The third-order valence-electron chi connectivity index (χ3n) is 4.44. The molecule has 0 aliphatic carbocycles. The SMILES string of the molecule is CCC[C@]1(CO)CCN(c2ccc(C(F)(F)F)cn2)C[C@H]1O. The molecule has 0 amide bonds. The number of aromatic nitrogens is 1. The molecule has 1 aliphatic rings. The van der Waals surface area contributed by atoms with E-state index in [4.69, 9.17) is 0 Å². The van der Waals surface area contributed by atoms with Crippen molar-refractivity contribution in [1.82, 2.24) is 4.98 Å². The Kier molecular flexibility index (Phi) is 4.97. The first-order chi connectivity index (χ1) is 10.3. The van der Waals surface area contributed by atoms with Gasteiger partial charge in [0.1, 0.15) is 5.82 Å². The first-order valence-corrected chi connectivity index (χ1v) is 7.39. The Morgan fingerprint density at radius 3 is 2.59 bits per heavy atom. The highest BCUT2D eigenvalue weighted by Crippen LogP contribution is 2.37. The van der Waals surface area contributed by atoms with Crippen LogP contribution >= 0.6 is 0 Å². The summed E-state index contributed by atoms with van der Waals surface area (Å²) in [4.78, 5) is 5.61. The maximum absolute atomic E-state index is 12.5. The van der Waals surface area contributed by atoms with Crippen LogP contribution in [-0.2, 0) is 6.18 Å². The molecule has 2 N–H and O–H groups in total. The van der Waals surface area contributed by atoms with Crippen LogP contribution in [0, 0.1) is 5.41 Å². The first-order valence-electron chi connectivity index (χ1n) is 7.39. The van der Waals surface area contributed by atoms with Gasteiger partial charge in [0.15, 0.2) is 0 Å². The first kappa shape index (κ1) is 17.0. The highest BCUT2D eigenvalue weighted by atomic mass is 19.4. The smallest absolute Gasteiger partial charge is 0.396 e. The molecular weight excluding hydrogens is 297 g/mol. The number of pyridine rings is 1. The summed E-state index contributed by atoms with van der Waals surface area (Å²) >= 11 is 0. The van der Waals surface area contributed by atoms with Crippen LogP contribution in [0.25, 0.3) is 0 Å². The van der Waals surface area contributed by atoms with Gasteiger partial charge in [0.2, 0.25) is 0 Å². The van der Waals surface area contributed by atoms with Crippen molar-refractivity contribution in [3.8, 4) is 0 Å². The Hall–Kier alpha value is -1.34. The van der Waals surface area contributed by atoms with Crippen LogP contribution in [0.2, 0.25) is 0 Å². The minimum Gasteiger partial charge on any atom is -0.396 e. The third-order valence-corrected chi connectivity index (χ3v) is 4.44. The molecule has 0 aromatic carbocycles. The van der Waals surface area contributed by atoms with Crippen molar-refractivity contribution in [3.05, 3.63) is 23.9 Å². The number of nitrogens with zero attached hydrogens (tertiary/aromatic N) is 2. The molecule has 2 atom stereocenters. The summed E-state index contributed by atoms with van der Waals surface area (Å²) in [6.07, 6.45) is -2.16. The number of halogens is 3. The lowest BCUT2D eigenvalue weighted by molar-refractivity contribution is -0.137. The number of β-amino-alcohol motifs (C(OH)–C–C–N with tert-alkyl or cyclic N) is 1. The Bertz CT molecular complexity index is 493. The van der Waals surface area contributed by atoms with Crippen LogP contribution in [0.5, 0.6) is 0 Å². The lowest BCUT2D eigenvalue weighted by Crippen LogP contribution is -2.53. The fourth-order valence-electron chi connectivity index (χ4n) is 3.02. The summed E-state index contributed by atoms with van der Waals surface area (Å²) in [7, 11) is 0. The summed E-state index contributed by atoms with van der Waals surface area (Å²) in [6.45, 7) is 2.72. The fraction of sp³-hybridized carbons (Fsp3) is 0.667. The molecule has 0 radical (unpaired) electrons. The zero-order valence-corrected chi connectivity index (χ0v) is 12.5. The minimum absolute atomic E-state index is 0.0870. The quantitative estimate of drug-likeness (QED) is 0.895. The van der Waals surface area contributed by atoms with Crippen LogP contribution in [0.1, 0.15) is 31.7 Å². The summed E-state index contributed by atoms with van der Waals surface area (Å²) in [5.41, 5.74) is -1.30. The number of alkyl halides is 3. The predicted octanol–water partition coefficient (Wildman–Crippen LogP) is 2.45. The Balaban J connectivity index is 2.10. The van der Waals surface area contributed by atoms with Gasteiger partial charge in [0.25, 0.3) is 0 Å². The molecule has 4 nitrogen and oxygen atoms in total. The number of hydrogen-bond acceptors (Lipinski definition) is 4. The lowest BCUT2D eigenvalue weighted by atomic mass is 9.73. The number of anilines is 1. The van der Waals surface area contributed by atoms with Crippen molar-refractivity contribution in [2.75, 3.05) is 24.6 Å². The standard InChI is InChI=1S/C15H21F3N2O2/c1-2-5-14(10-21)6-7-20(9-12(14)22)13-4-3-11(8-19-13)15(16,17)18/h3-4,8,12,21-22H,2,5-7,9-10H2,1H3/t12-,14-/m1/s1. The summed E-state index contributed by atoms with van der Waals surface area (Å²) in [6, 6.07) is 2.32. The van der Waals surface area contributed by atoms with Gasteiger partial charge in [-0.15, -0.1) is 0 Å². The van der Waals surface area contributed by atoms with Gasteiger partial charge in [-0.2, -0.15) is 13.2 Å². The molecule has 0 spiro atoms. The average molecular weight is 318 g/mol. The molecule has 2 rings (SSSR count). The van der Waals surface area contributed by atoms with Crippen molar-refractivity contribution in [3.63, 3.8) is 0 Å². The molecule has 1 fully saturated rings. The second kappa shape index (κ2) is 6.42. The fourth-order valence-corrected chi connectivity index (χ4v) is 3.02. The minimum atomic E-state index is -4.40. The second-order valence-electron chi connectivity index (χ2n) is 5.89. The van der Waals surface area contributed by atoms with E-state index < -0.39 is 23.3 Å². The van der Waals surface area contributed by atoms with E-state index in [-0.39, 0.29) is 13.2 Å². The van der Waals surface area contributed by atoms with E-state index in [1.807, 2.05) is 6.92 Å². The monoisotopic (exact) mass is 318 g/mol. The zero-order valence-electron chi connectivity index (χ0n) is 12.5. The van der Waals surface area contributed by atoms with Gasteiger partial charge in [0, 0.05) is 24.7 Å². The summed E-state index contributed by atoms with van der Waals surface area (Å²) < 4.78 is 37.6. The van der Waals surface area contributed by atoms with Crippen molar-refractivity contribution >= 4 is 5.82 Å². The van der Waals surface area contributed by atoms with E-state index in [0.29, 0.717) is 18.8 Å². The molecule has 22 heavy (non-hydrogen) atoms. The Labute approximate surface area is 127 Å². The summed E-state index contributed by atoms with van der Waals surface area (Å²) in [5.74, 6) is 0.412. The van der Waals surface area contributed by atoms with E-state index in [9.17, 15) is 23.4 Å². The van der Waals surface area contributed by atoms with Crippen molar-refractivity contribution < 1.29 is 23.4 Å². The predicted molar refractivity (Wildman–Crippen MR) is 76.5 cm³/mol. The molecule has 0 unspecified atom stereocenters. The van der Waals surface area contributed by atoms with Crippen molar-refractivity contribution in [1.29, 1.82) is 0 Å². The Morgan fingerprint density at radius 2 is 2.14 bits per heavy atom. The van der Waals surface area contributed by atoms with Crippen LogP contribution < -0.4 is 4.90 Å². The molecule has 1 aromatic rings. The van der Waals surface area contributed by atoms with Crippen LogP contribution in [0.4, 0.5) is 19.0 Å². The van der Waals surface area contributed by atoms with Gasteiger partial charge in [0.05, 0.1) is 18.3 Å². The zero-order chi connectivity index (χ0) is 16.4. The number of hydrogen-bond donors (Lipinski definition) is 2. The van der Waals surface area contributed by atoms with Crippen LogP contribution in [-0.4, -0.2) is 41.0 Å². The molecule has 7 heteroatoms. The molecule has 1 saturated heterocycles. The number of aliphatic hydroxyl groups is 2. The van der Waals surface area contributed by atoms with Gasteiger partial charge >= 0.3 is 6.18 Å². The van der Waals surface area contributed by atoms with Gasteiger partial charge in [-0.3, -0.25) is 0 Å². The van der Waals surface area contributed by atoms with Crippen LogP contribution in [0.3, 0.4) is 0 Å². The largest absolute Gasteiger partial charge is 0.417 e. The van der Waals surface area contributed by atoms with E-state index in [1.165, 1.54) is 6.07 Å². The average Bonchev–Trinajstić information content (AvgIpc) is 2.49. The molecule has 2 heterocycles. The van der Waals surface area contributed by atoms with E-state index in [1.54, 1.807) is 4.90 Å². The maximum Gasteiger partial charge on any atom is 0.417 e. The number of rotatable bonds is 4. The van der Waals surface area contributed by atoms with Gasteiger partial charge in [-0.25, -0.2) is 4.98 Å². The number of piperidine rings is 1. The third kappa shape index (κ3) is 3.35. The van der Waals surface area contributed by atoms with Gasteiger partial charge < -0.3 is 15.1 Å². The highest BCUT2D eigenvalue weighted by Gasteiger charge is 2.41. The molecular formula is C15H21F3N2O2. The van der Waals surface area contributed by atoms with Gasteiger partial charge in [-0.05, 0) is 25.0 Å². The molecule has 0 saturated carbocycles. The van der Waals surface area contributed by atoms with E-state index >= 15 is 0 Å². The van der Waals surface area contributed by atoms with Crippen molar-refractivity contribution in [2.45, 2.75) is 38.5 Å². The highest BCUT2D eigenvalue weighted by molar-refractivity contribution is 5.41. The summed E-state index contributed by atoms with van der Waals surface area (Å²) in [5, 5.41) is 20.0. The van der Waals surface area contributed by atoms with Crippen LogP contribution in [0.15, 0.2) is 18.3 Å². The molecule has 124 valence electrons. The second-order valence-corrected chi connectivity index (χ2v) is 5.89.